The molecule has 5 N–H and O–H groups in total. The number of likely N-dealkylation sites (N-methyl/N-ethyl adjacent to an activating group) is 1. The molecule has 0 aliphatic rings. The summed E-state index contributed by atoms with van der Waals surface area (Å²) >= 11 is 0. The Kier molecular flexibility index (Phi) is 13.3. The number of rotatable bonds is 15. The molecule has 0 heterocycles. The number of carbonyl (C=O) groups is 4. The van der Waals surface area contributed by atoms with E-state index in [-0.39, 0.29) is 35.8 Å². The average molecular weight is 385 g/mol. The van der Waals surface area contributed by atoms with Gasteiger partial charge in [-0.25, -0.2) is 0 Å². The van der Waals surface area contributed by atoms with Crippen LogP contribution in [0.25, 0.3) is 0 Å². The van der Waals surface area contributed by atoms with Gasteiger partial charge in [0.25, 0.3) is 0 Å². The molecule has 8 heteroatoms. The smallest absolute Gasteiger partial charge is 0.237 e. The summed E-state index contributed by atoms with van der Waals surface area (Å²) in [4.78, 5) is 46.7. The third kappa shape index (κ3) is 12.3. The number of nitrogens with two attached hydrogens (primary N) is 1. The van der Waals surface area contributed by atoms with Gasteiger partial charge in [-0.15, -0.1) is 0 Å². The highest BCUT2D eigenvalue weighted by Gasteiger charge is 2.19. The Morgan fingerprint density at radius 3 is 2.15 bits per heavy atom. The monoisotopic (exact) mass is 384 g/mol. The molecule has 0 aromatic carbocycles. The second kappa shape index (κ2) is 14.3. The molecule has 0 bridgehead atoms. The minimum absolute atomic E-state index is 0.00659. The molecule has 0 aliphatic carbocycles. The Bertz CT molecular complexity index is 496. The molecule has 0 rings (SSSR count). The van der Waals surface area contributed by atoms with Crippen molar-refractivity contribution >= 4 is 23.4 Å². The number of hydrogen-bond acceptors (Lipinski definition) is 6. The maximum absolute atomic E-state index is 12.1. The Morgan fingerprint density at radius 1 is 0.963 bits per heavy atom. The molecule has 0 aliphatic heterocycles. The van der Waals surface area contributed by atoms with Gasteiger partial charge in [0.1, 0.15) is 11.6 Å². The Morgan fingerprint density at radius 2 is 1.63 bits per heavy atom. The molecule has 0 spiro atoms. The van der Waals surface area contributed by atoms with E-state index in [1.807, 2.05) is 6.92 Å². The van der Waals surface area contributed by atoms with Crippen molar-refractivity contribution in [1.82, 2.24) is 16.0 Å². The van der Waals surface area contributed by atoms with Crippen LogP contribution in [0.3, 0.4) is 0 Å². The largest absolute Gasteiger partial charge is 0.355 e. The lowest BCUT2D eigenvalue weighted by Crippen LogP contribution is -2.46. The van der Waals surface area contributed by atoms with Gasteiger partial charge in [-0.3, -0.25) is 14.4 Å². The van der Waals surface area contributed by atoms with Crippen molar-refractivity contribution in [1.29, 1.82) is 0 Å². The van der Waals surface area contributed by atoms with Crippen LogP contribution in [-0.4, -0.2) is 55.1 Å². The first kappa shape index (κ1) is 25.2. The summed E-state index contributed by atoms with van der Waals surface area (Å²) in [6.07, 6.45) is 3.66. The normalized spacial score (nSPS) is 14.1. The van der Waals surface area contributed by atoms with Gasteiger partial charge in [0.05, 0.1) is 12.1 Å². The predicted molar refractivity (Wildman–Crippen MR) is 105 cm³/mol. The lowest BCUT2D eigenvalue weighted by atomic mass is 10.0. The van der Waals surface area contributed by atoms with E-state index in [1.165, 1.54) is 13.8 Å². The van der Waals surface area contributed by atoms with Crippen LogP contribution >= 0.6 is 0 Å². The van der Waals surface area contributed by atoms with E-state index < -0.39 is 12.1 Å². The van der Waals surface area contributed by atoms with Gasteiger partial charge in [0.2, 0.25) is 11.8 Å². The van der Waals surface area contributed by atoms with Gasteiger partial charge < -0.3 is 26.5 Å². The highest BCUT2D eigenvalue weighted by molar-refractivity contribution is 5.83. The number of Topliss-reactive ketones (excluding diaryl/α,β-unsaturated/α-hetero) is 2. The molecule has 0 fully saturated rings. The second-order valence-corrected chi connectivity index (χ2v) is 7.02. The zero-order valence-corrected chi connectivity index (χ0v) is 17.1. The molecule has 8 nitrogen and oxygen atoms in total. The van der Waals surface area contributed by atoms with Crippen LogP contribution in [0.5, 0.6) is 0 Å². The van der Waals surface area contributed by atoms with Gasteiger partial charge in [-0.2, -0.15) is 0 Å². The quantitative estimate of drug-likeness (QED) is 0.303. The van der Waals surface area contributed by atoms with Crippen molar-refractivity contribution in [3.05, 3.63) is 0 Å². The zero-order valence-electron chi connectivity index (χ0n) is 17.1. The summed E-state index contributed by atoms with van der Waals surface area (Å²) in [7, 11) is 1.68. The Hall–Kier alpha value is -1.80. The maximum atomic E-state index is 12.1. The van der Waals surface area contributed by atoms with E-state index in [1.54, 1.807) is 7.05 Å². The fourth-order valence-electron chi connectivity index (χ4n) is 2.76. The highest BCUT2D eigenvalue weighted by Crippen LogP contribution is 2.05. The van der Waals surface area contributed by atoms with Gasteiger partial charge in [0.15, 0.2) is 0 Å². The van der Waals surface area contributed by atoms with Crippen molar-refractivity contribution in [2.45, 2.75) is 83.8 Å². The van der Waals surface area contributed by atoms with Crippen LogP contribution in [0.2, 0.25) is 0 Å². The molecule has 3 atom stereocenters. The fourth-order valence-corrected chi connectivity index (χ4v) is 2.76. The summed E-state index contributed by atoms with van der Waals surface area (Å²) in [6, 6.07) is -1.26. The van der Waals surface area contributed by atoms with E-state index in [4.69, 9.17) is 5.73 Å². The third-order valence-corrected chi connectivity index (χ3v) is 4.30. The molecule has 156 valence electrons. The van der Waals surface area contributed by atoms with Gasteiger partial charge in [0, 0.05) is 25.4 Å². The first-order valence-corrected chi connectivity index (χ1v) is 9.71. The topological polar surface area (TPSA) is 130 Å². The number of amides is 2. The summed E-state index contributed by atoms with van der Waals surface area (Å²) in [5.41, 5.74) is 5.81. The molecule has 0 radical (unpaired) electrons. The molecule has 0 aromatic heterocycles. The van der Waals surface area contributed by atoms with E-state index in [2.05, 4.69) is 16.0 Å². The lowest BCUT2D eigenvalue weighted by molar-refractivity contribution is -0.125. The highest BCUT2D eigenvalue weighted by atomic mass is 16.2. The van der Waals surface area contributed by atoms with E-state index in [9.17, 15) is 19.2 Å². The third-order valence-electron chi connectivity index (χ3n) is 4.30. The van der Waals surface area contributed by atoms with Crippen LogP contribution in [0.1, 0.15) is 65.7 Å². The van der Waals surface area contributed by atoms with Crippen molar-refractivity contribution < 1.29 is 19.2 Å². The van der Waals surface area contributed by atoms with Gasteiger partial charge in [-0.1, -0.05) is 13.3 Å². The van der Waals surface area contributed by atoms with Crippen LogP contribution in [0.15, 0.2) is 0 Å². The summed E-state index contributed by atoms with van der Waals surface area (Å²) in [5.74, 6) is -0.359. The van der Waals surface area contributed by atoms with E-state index in [0.29, 0.717) is 38.6 Å². The van der Waals surface area contributed by atoms with Gasteiger partial charge >= 0.3 is 0 Å². The standard InChI is InChI=1S/C19H36N4O4/c1-5-7-16(20)18(26)23-15(12-14(3)25)8-6-11-22-19(27)17(21-4)10-9-13(2)24/h15-17,21H,5-12,20H2,1-4H3,(H,22,27)(H,23,26). The molecule has 2 amide bonds. The number of hydrogen-bond donors (Lipinski definition) is 4. The van der Waals surface area contributed by atoms with E-state index >= 15 is 0 Å². The van der Waals surface area contributed by atoms with Crippen molar-refractivity contribution in [2.24, 2.45) is 5.73 Å². The average Bonchev–Trinajstić information content (AvgIpc) is 2.58. The summed E-state index contributed by atoms with van der Waals surface area (Å²) in [6.45, 7) is 5.38. The van der Waals surface area contributed by atoms with Crippen LogP contribution in [0, 0.1) is 0 Å². The number of carbonyl (C=O) groups excluding carboxylic acids is 4. The van der Waals surface area contributed by atoms with Crippen molar-refractivity contribution in [3.63, 3.8) is 0 Å². The number of nitrogens with one attached hydrogen (secondary N) is 3. The Labute approximate surface area is 162 Å². The van der Waals surface area contributed by atoms with Crippen molar-refractivity contribution in [2.75, 3.05) is 13.6 Å². The van der Waals surface area contributed by atoms with Crippen LogP contribution in [0.4, 0.5) is 0 Å². The molecular weight excluding hydrogens is 348 g/mol. The summed E-state index contributed by atoms with van der Waals surface area (Å²) in [5, 5.41) is 8.57. The first-order chi connectivity index (χ1) is 12.7. The summed E-state index contributed by atoms with van der Waals surface area (Å²) < 4.78 is 0. The molecule has 0 aromatic rings. The fraction of sp³-hybridized carbons (Fsp3) is 0.789. The van der Waals surface area contributed by atoms with Gasteiger partial charge in [-0.05, 0) is 46.6 Å². The van der Waals surface area contributed by atoms with Crippen LogP contribution in [-0.2, 0) is 19.2 Å². The SMILES string of the molecule is CCCC(N)C(=O)NC(CCCNC(=O)C(CCC(C)=O)NC)CC(C)=O. The second-order valence-electron chi connectivity index (χ2n) is 7.02. The Balaban J connectivity index is 4.38. The lowest BCUT2D eigenvalue weighted by Gasteiger charge is -2.20. The molecule has 27 heavy (non-hydrogen) atoms. The minimum atomic E-state index is -0.568. The zero-order chi connectivity index (χ0) is 20.8. The maximum Gasteiger partial charge on any atom is 0.237 e. The number of ketones is 2. The predicted octanol–water partition coefficient (Wildman–Crippen LogP) is 0.431. The minimum Gasteiger partial charge on any atom is -0.355 e. The van der Waals surface area contributed by atoms with Crippen molar-refractivity contribution in [3.8, 4) is 0 Å². The molecule has 0 saturated carbocycles. The molecular formula is C19H36N4O4. The van der Waals surface area contributed by atoms with Crippen LogP contribution < -0.4 is 21.7 Å². The van der Waals surface area contributed by atoms with E-state index in [0.717, 1.165) is 6.42 Å². The first-order valence-electron chi connectivity index (χ1n) is 9.71. The molecule has 0 saturated heterocycles. The molecule has 3 unspecified atom stereocenters.